The lowest BCUT2D eigenvalue weighted by Gasteiger charge is -2.11. The van der Waals surface area contributed by atoms with E-state index in [1.54, 1.807) is 36.6 Å². The predicted octanol–water partition coefficient (Wildman–Crippen LogP) is 3.56. The second-order valence-electron chi connectivity index (χ2n) is 4.13. The Morgan fingerprint density at radius 3 is 2.89 bits per heavy atom. The summed E-state index contributed by atoms with van der Waals surface area (Å²) < 4.78 is 6.67. The molecule has 98 valence electrons. The molecule has 1 aromatic carbocycles. The monoisotopic (exact) mass is 276 g/mol. The van der Waals surface area contributed by atoms with Crippen LogP contribution in [-0.4, -0.2) is 17.1 Å². The van der Waals surface area contributed by atoms with Crippen LogP contribution in [-0.2, 0) is 4.74 Å². The Hall–Kier alpha value is -1.99. The standard InChI is InChI=1S/C14H13ClN2O2/c1-3-19-14(18)13-6-10-4-5-11(15)7-12(10)17(13)9(2)8-16/h4-7,9H,3H2,1-2H3. The summed E-state index contributed by atoms with van der Waals surface area (Å²) in [7, 11) is 0. The summed E-state index contributed by atoms with van der Waals surface area (Å²) in [5.41, 5.74) is 1.12. The second-order valence-corrected chi connectivity index (χ2v) is 4.56. The molecule has 0 N–H and O–H groups in total. The van der Waals surface area contributed by atoms with E-state index in [0.717, 1.165) is 10.9 Å². The topological polar surface area (TPSA) is 55.0 Å². The summed E-state index contributed by atoms with van der Waals surface area (Å²) in [6.45, 7) is 3.76. The number of nitrogens with zero attached hydrogens (tertiary/aromatic N) is 2. The number of fused-ring (bicyclic) bond motifs is 1. The number of carbonyl (C=O) groups excluding carboxylic acids is 1. The van der Waals surface area contributed by atoms with Crippen LogP contribution in [0.15, 0.2) is 24.3 Å². The van der Waals surface area contributed by atoms with Gasteiger partial charge in [0.1, 0.15) is 11.7 Å². The zero-order chi connectivity index (χ0) is 14.0. The number of hydrogen-bond acceptors (Lipinski definition) is 3. The van der Waals surface area contributed by atoms with Gasteiger partial charge in [-0.3, -0.25) is 0 Å². The van der Waals surface area contributed by atoms with Crippen LogP contribution in [0.2, 0.25) is 5.02 Å². The van der Waals surface area contributed by atoms with Gasteiger partial charge in [-0.05, 0) is 32.0 Å². The van der Waals surface area contributed by atoms with Gasteiger partial charge in [0.05, 0.1) is 18.2 Å². The highest BCUT2D eigenvalue weighted by atomic mass is 35.5. The molecule has 5 heteroatoms. The first-order valence-corrected chi connectivity index (χ1v) is 6.33. The van der Waals surface area contributed by atoms with Crippen molar-refractivity contribution in [2.45, 2.75) is 19.9 Å². The van der Waals surface area contributed by atoms with E-state index in [4.69, 9.17) is 21.6 Å². The Morgan fingerprint density at radius 2 is 2.26 bits per heavy atom. The van der Waals surface area contributed by atoms with Crippen molar-refractivity contribution in [2.24, 2.45) is 0 Å². The molecule has 0 saturated heterocycles. The maximum atomic E-state index is 12.0. The minimum atomic E-state index is -0.477. The Bertz CT molecular complexity index is 670. The van der Waals surface area contributed by atoms with E-state index in [9.17, 15) is 4.79 Å². The van der Waals surface area contributed by atoms with E-state index in [1.165, 1.54) is 0 Å². The molecular formula is C14H13ClN2O2. The van der Waals surface area contributed by atoms with Crippen molar-refractivity contribution >= 4 is 28.5 Å². The number of nitriles is 1. The summed E-state index contributed by atoms with van der Waals surface area (Å²) in [6, 6.07) is 8.69. The maximum absolute atomic E-state index is 12.0. The molecular weight excluding hydrogens is 264 g/mol. The lowest BCUT2D eigenvalue weighted by molar-refractivity contribution is 0.0513. The van der Waals surface area contributed by atoms with Crippen molar-refractivity contribution in [1.29, 1.82) is 5.26 Å². The number of ether oxygens (including phenoxy) is 1. The zero-order valence-electron chi connectivity index (χ0n) is 10.7. The van der Waals surface area contributed by atoms with Gasteiger partial charge in [-0.25, -0.2) is 4.79 Å². The fourth-order valence-electron chi connectivity index (χ4n) is 2.03. The van der Waals surface area contributed by atoms with Gasteiger partial charge in [-0.1, -0.05) is 17.7 Å². The average Bonchev–Trinajstić information content (AvgIpc) is 2.76. The van der Waals surface area contributed by atoms with Crippen LogP contribution in [0.1, 0.15) is 30.4 Å². The van der Waals surface area contributed by atoms with Crippen molar-refractivity contribution in [3.8, 4) is 6.07 Å². The number of rotatable bonds is 3. The molecule has 0 bridgehead atoms. The van der Waals surface area contributed by atoms with Crippen LogP contribution < -0.4 is 0 Å². The van der Waals surface area contributed by atoms with Gasteiger partial charge in [-0.2, -0.15) is 5.26 Å². The molecule has 0 aliphatic carbocycles. The van der Waals surface area contributed by atoms with Gasteiger partial charge in [0.15, 0.2) is 0 Å². The molecule has 0 aliphatic heterocycles. The Balaban J connectivity index is 2.69. The number of aromatic nitrogens is 1. The number of hydrogen-bond donors (Lipinski definition) is 0. The Morgan fingerprint density at radius 1 is 1.53 bits per heavy atom. The summed E-state index contributed by atoms with van der Waals surface area (Å²) in [6.07, 6.45) is 0. The zero-order valence-corrected chi connectivity index (χ0v) is 11.4. The van der Waals surface area contributed by atoms with Gasteiger partial charge < -0.3 is 9.30 Å². The molecule has 1 heterocycles. The first-order valence-electron chi connectivity index (χ1n) is 5.95. The van der Waals surface area contributed by atoms with Crippen LogP contribution in [0.3, 0.4) is 0 Å². The van der Waals surface area contributed by atoms with Crippen LogP contribution >= 0.6 is 11.6 Å². The van der Waals surface area contributed by atoms with E-state index in [0.29, 0.717) is 17.3 Å². The highest BCUT2D eigenvalue weighted by Crippen LogP contribution is 2.27. The van der Waals surface area contributed by atoms with E-state index in [1.807, 2.05) is 6.07 Å². The van der Waals surface area contributed by atoms with Gasteiger partial charge >= 0.3 is 5.97 Å². The van der Waals surface area contributed by atoms with E-state index < -0.39 is 12.0 Å². The second kappa shape index (κ2) is 5.33. The number of esters is 1. The average molecular weight is 277 g/mol. The van der Waals surface area contributed by atoms with Gasteiger partial charge in [0, 0.05) is 10.4 Å². The lowest BCUT2D eigenvalue weighted by atomic mass is 10.2. The van der Waals surface area contributed by atoms with Gasteiger partial charge in [0.25, 0.3) is 0 Å². The third-order valence-electron chi connectivity index (χ3n) is 2.86. The summed E-state index contributed by atoms with van der Waals surface area (Å²) in [4.78, 5) is 12.0. The summed E-state index contributed by atoms with van der Waals surface area (Å²) in [5.74, 6) is -0.433. The highest BCUT2D eigenvalue weighted by Gasteiger charge is 2.20. The first kappa shape index (κ1) is 13.4. The molecule has 2 rings (SSSR count). The van der Waals surface area contributed by atoms with Crippen molar-refractivity contribution < 1.29 is 9.53 Å². The number of carbonyl (C=O) groups is 1. The molecule has 4 nitrogen and oxygen atoms in total. The predicted molar refractivity (Wildman–Crippen MR) is 73.2 cm³/mol. The minimum absolute atomic E-state index is 0.294. The third kappa shape index (κ3) is 2.42. The SMILES string of the molecule is CCOC(=O)c1cc2ccc(Cl)cc2n1C(C)C#N. The molecule has 1 aromatic heterocycles. The highest BCUT2D eigenvalue weighted by molar-refractivity contribution is 6.31. The van der Waals surface area contributed by atoms with E-state index in [-0.39, 0.29) is 0 Å². The van der Waals surface area contributed by atoms with Crippen LogP contribution in [0.4, 0.5) is 0 Å². The third-order valence-corrected chi connectivity index (χ3v) is 3.10. The molecule has 1 unspecified atom stereocenters. The smallest absolute Gasteiger partial charge is 0.355 e. The van der Waals surface area contributed by atoms with Crippen molar-refractivity contribution in [1.82, 2.24) is 4.57 Å². The normalized spacial score (nSPS) is 12.1. The molecule has 0 spiro atoms. The van der Waals surface area contributed by atoms with Crippen molar-refractivity contribution in [3.05, 3.63) is 35.0 Å². The van der Waals surface area contributed by atoms with Crippen LogP contribution in [0, 0.1) is 11.3 Å². The molecule has 0 saturated carbocycles. The summed E-state index contributed by atoms with van der Waals surface area (Å²) >= 11 is 5.98. The van der Waals surface area contributed by atoms with Gasteiger partial charge in [-0.15, -0.1) is 0 Å². The fourth-order valence-corrected chi connectivity index (χ4v) is 2.20. The number of halogens is 1. The minimum Gasteiger partial charge on any atom is -0.461 e. The number of benzene rings is 1. The quantitative estimate of drug-likeness (QED) is 0.806. The van der Waals surface area contributed by atoms with Crippen molar-refractivity contribution in [3.63, 3.8) is 0 Å². The molecule has 2 aromatic rings. The molecule has 0 radical (unpaired) electrons. The van der Waals surface area contributed by atoms with E-state index in [2.05, 4.69) is 6.07 Å². The lowest BCUT2D eigenvalue weighted by Crippen LogP contribution is -2.14. The molecule has 19 heavy (non-hydrogen) atoms. The Kier molecular flexibility index (Phi) is 3.77. The molecule has 0 fully saturated rings. The molecule has 1 atom stereocenters. The fraction of sp³-hybridized carbons (Fsp3) is 0.286. The van der Waals surface area contributed by atoms with E-state index >= 15 is 0 Å². The van der Waals surface area contributed by atoms with Crippen molar-refractivity contribution in [2.75, 3.05) is 6.61 Å². The summed E-state index contributed by atoms with van der Waals surface area (Å²) in [5, 5.41) is 10.5. The van der Waals surface area contributed by atoms with Crippen LogP contribution in [0.25, 0.3) is 10.9 Å². The largest absolute Gasteiger partial charge is 0.461 e. The molecule has 0 aliphatic rings. The van der Waals surface area contributed by atoms with Crippen LogP contribution in [0.5, 0.6) is 0 Å². The van der Waals surface area contributed by atoms with Gasteiger partial charge in [0.2, 0.25) is 0 Å². The maximum Gasteiger partial charge on any atom is 0.355 e. The Labute approximate surface area is 116 Å². The molecule has 0 amide bonds. The first-order chi connectivity index (χ1) is 9.08.